The number of piperidine rings is 1. The van der Waals surface area contributed by atoms with Crippen LogP contribution in [0.4, 0.5) is 0 Å². The van der Waals surface area contributed by atoms with Crippen LogP contribution in [0.2, 0.25) is 0 Å². The van der Waals surface area contributed by atoms with Crippen LogP contribution >= 0.6 is 0 Å². The fourth-order valence-corrected chi connectivity index (χ4v) is 4.22. The molecule has 0 spiro atoms. The maximum absolute atomic E-state index is 3.48. The number of hydrogen-bond donors (Lipinski definition) is 1. The summed E-state index contributed by atoms with van der Waals surface area (Å²) in [5.41, 5.74) is 0.548. The monoisotopic (exact) mass is 266 g/mol. The third kappa shape index (κ3) is 3.72. The highest BCUT2D eigenvalue weighted by molar-refractivity contribution is 4.91. The quantitative estimate of drug-likeness (QED) is 0.837. The van der Waals surface area contributed by atoms with Crippen molar-refractivity contribution in [3.05, 3.63) is 0 Å². The summed E-state index contributed by atoms with van der Waals surface area (Å²) in [6.07, 6.45) is 8.53. The van der Waals surface area contributed by atoms with Crippen LogP contribution in [0.15, 0.2) is 0 Å². The molecule has 2 nitrogen and oxygen atoms in total. The molecular formula is C17H34N2. The topological polar surface area (TPSA) is 15.3 Å². The van der Waals surface area contributed by atoms with Gasteiger partial charge in [0.1, 0.15) is 0 Å². The Kier molecular flexibility index (Phi) is 5.30. The zero-order chi connectivity index (χ0) is 13.9. The van der Waals surface area contributed by atoms with Gasteiger partial charge in [-0.1, -0.05) is 26.7 Å². The Labute approximate surface area is 120 Å². The van der Waals surface area contributed by atoms with Crippen LogP contribution in [-0.2, 0) is 0 Å². The van der Waals surface area contributed by atoms with Crippen molar-refractivity contribution < 1.29 is 0 Å². The minimum Gasteiger partial charge on any atom is -0.319 e. The molecule has 19 heavy (non-hydrogen) atoms. The van der Waals surface area contributed by atoms with Crippen molar-refractivity contribution in [2.24, 2.45) is 17.3 Å². The second-order valence-corrected chi connectivity index (χ2v) is 7.54. The average molecular weight is 266 g/mol. The number of hydrogen-bond acceptors (Lipinski definition) is 2. The van der Waals surface area contributed by atoms with Gasteiger partial charge in [-0.25, -0.2) is 0 Å². The highest BCUT2D eigenvalue weighted by Gasteiger charge is 2.37. The van der Waals surface area contributed by atoms with Crippen LogP contribution in [-0.4, -0.2) is 37.6 Å². The molecule has 2 unspecified atom stereocenters. The van der Waals surface area contributed by atoms with E-state index in [0.717, 1.165) is 17.9 Å². The second kappa shape index (κ2) is 6.58. The van der Waals surface area contributed by atoms with Gasteiger partial charge in [-0.15, -0.1) is 0 Å². The molecule has 0 aromatic rings. The van der Waals surface area contributed by atoms with Crippen LogP contribution < -0.4 is 5.32 Å². The molecule has 2 aliphatic rings. The molecule has 2 fully saturated rings. The van der Waals surface area contributed by atoms with E-state index < -0.39 is 0 Å². The molecule has 1 aliphatic heterocycles. The third-order valence-electron chi connectivity index (χ3n) is 5.93. The Hall–Kier alpha value is -0.0800. The first-order chi connectivity index (χ1) is 9.06. The number of likely N-dealkylation sites (tertiary alicyclic amines) is 1. The van der Waals surface area contributed by atoms with Gasteiger partial charge >= 0.3 is 0 Å². The summed E-state index contributed by atoms with van der Waals surface area (Å²) in [7, 11) is 2.13. The smallest absolute Gasteiger partial charge is 0.00928 e. The summed E-state index contributed by atoms with van der Waals surface area (Å²) in [6.45, 7) is 11.2. The van der Waals surface area contributed by atoms with E-state index in [1.807, 2.05) is 0 Å². The molecule has 0 aromatic carbocycles. The molecule has 0 aromatic heterocycles. The van der Waals surface area contributed by atoms with E-state index in [1.54, 1.807) is 0 Å². The predicted molar refractivity (Wildman–Crippen MR) is 83.4 cm³/mol. The third-order valence-corrected chi connectivity index (χ3v) is 5.93. The fraction of sp³-hybridized carbons (Fsp3) is 1.00. The Morgan fingerprint density at radius 2 is 1.79 bits per heavy atom. The first kappa shape index (κ1) is 15.3. The number of rotatable bonds is 4. The highest BCUT2D eigenvalue weighted by atomic mass is 15.2. The van der Waals surface area contributed by atoms with Crippen LogP contribution in [0.5, 0.6) is 0 Å². The molecule has 0 radical (unpaired) electrons. The minimum atomic E-state index is 0.548. The predicted octanol–water partition coefficient (Wildman–Crippen LogP) is 3.52. The number of nitrogens with zero attached hydrogens (tertiary/aromatic N) is 1. The first-order valence-electron chi connectivity index (χ1n) is 8.45. The first-order valence-corrected chi connectivity index (χ1v) is 8.45. The molecular weight excluding hydrogens is 232 g/mol. The van der Waals surface area contributed by atoms with Crippen LogP contribution in [0.1, 0.15) is 59.3 Å². The average Bonchev–Trinajstić information content (AvgIpc) is 2.39. The van der Waals surface area contributed by atoms with Crippen LogP contribution in [0.25, 0.3) is 0 Å². The Morgan fingerprint density at radius 1 is 1.11 bits per heavy atom. The molecule has 2 rings (SSSR count). The largest absolute Gasteiger partial charge is 0.319 e. The van der Waals surface area contributed by atoms with Crippen molar-refractivity contribution in [1.82, 2.24) is 10.2 Å². The summed E-state index contributed by atoms with van der Waals surface area (Å²) >= 11 is 0. The lowest BCUT2D eigenvalue weighted by Gasteiger charge is -2.47. The molecule has 1 aliphatic carbocycles. The van der Waals surface area contributed by atoms with E-state index in [1.165, 1.54) is 58.2 Å². The lowest BCUT2D eigenvalue weighted by molar-refractivity contribution is 0.0333. The number of nitrogens with one attached hydrogen (secondary N) is 1. The van der Waals surface area contributed by atoms with Crippen molar-refractivity contribution in [1.29, 1.82) is 0 Å². The van der Waals surface area contributed by atoms with E-state index in [-0.39, 0.29) is 0 Å². The second-order valence-electron chi connectivity index (χ2n) is 7.54. The van der Waals surface area contributed by atoms with Gasteiger partial charge < -0.3 is 5.32 Å². The van der Waals surface area contributed by atoms with Crippen molar-refractivity contribution >= 4 is 0 Å². The van der Waals surface area contributed by atoms with E-state index in [2.05, 4.69) is 38.0 Å². The Bertz CT molecular complexity index is 268. The maximum atomic E-state index is 3.48. The minimum absolute atomic E-state index is 0.548. The van der Waals surface area contributed by atoms with Gasteiger partial charge in [0.25, 0.3) is 0 Å². The molecule has 1 heterocycles. The Balaban J connectivity index is 1.99. The fourth-order valence-electron chi connectivity index (χ4n) is 4.22. The zero-order valence-electron chi connectivity index (χ0n) is 13.5. The zero-order valence-corrected chi connectivity index (χ0v) is 13.5. The summed E-state index contributed by atoms with van der Waals surface area (Å²) in [6, 6.07) is 0.779. The SMILES string of the molecule is CNCC1(CN2CCCC(C)C2C)CCC(C)CC1. The normalized spacial score (nSPS) is 41.4. The summed E-state index contributed by atoms with van der Waals surface area (Å²) in [4.78, 5) is 2.79. The summed E-state index contributed by atoms with van der Waals surface area (Å²) in [5, 5.41) is 3.48. The maximum Gasteiger partial charge on any atom is 0.00928 e. The highest BCUT2D eigenvalue weighted by Crippen LogP contribution is 2.40. The molecule has 1 saturated carbocycles. The van der Waals surface area contributed by atoms with Crippen molar-refractivity contribution in [3.63, 3.8) is 0 Å². The van der Waals surface area contributed by atoms with Crippen molar-refractivity contribution in [2.75, 3.05) is 26.7 Å². The van der Waals surface area contributed by atoms with E-state index in [4.69, 9.17) is 0 Å². The summed E-state index contributed by atoms with van der Waals surface area (Å²) < 4.78 is 0. The standard InChI is InChI=1S/C17H34N2/c1-14-7-9-17(10-8-14,12-18-4)13-19-11-5-6-15(2)16(19)3/h14-16,18H,5-13H2,1-4H3. The molecule has 0 bridgehead atoms. The van der Waals surface area contributed by atoms with Gasteiger partial charge in [0.2, 0.25) is 0 Å². The van der Waals surface area contributed by atoms with Crippen LogP contribution in [0, 0.1) is 17.3 Å². The van der Waals surface area contributed by atoms with Gasteiger partial charge in [-0.05, 0) is 63.5 Å². The van der Waals surface area contributed by atoms with Gasteiger partial charge in [0.05, 0.1) is 0 Å². The van der Waals surface area contributed by atoms with E-state index in [9.17, 15) is 0 Å². The Morgan fingerprint density at radius 3 is 2.42 bits per heavy atom. The molecule has 112 valence electrons. The van der Waals surface area contributed by atoms with Crippen molar-refractivity contribution in [3.8, 4) is 0 Å². The van der Waals surface area contributed by atoms with Gasteiger partial charge in [0.15, 0.2) is 0 Å². The van der Waals surface area contributed by atoms with E-state index in [0.29, 0.717) is 5.41 Å². The molecule has 1 saturated heterocycles. The summed E-state index contributed by atoms with van der Waals surface area (Å²) in [5.74, 6) is 1.82. The lowest BCUT2D eigenvalue weighted by atomic mass is 9.70. The van der Waals surface area contributed by atoms with Crippen LogP contribution in [0.3, 0.4) is 0 Å². The van der Waals surface area contributed by atoms with Gasteiger partial charge in [-0.3, -0.25) is 4.90 Å². The molecule has 1 N–H and O–H groups in total. The lowest BCUT2D eigenvalue weighted by Crippen LogP contribution is -2.51. The molecule has 2 heteroatoms. The molecule has 0 amide bonds. The van der Waals surface area contributed by atoms with Gasteiger partial charge in [-0.2, -0.15) is 0 Å². The van der Waals surface area contributed by atoms with Gasteiger partial charge in [0, 0.05) is 19.1 Å². The molecule has 2 atom stereocenters. The van der Waals surface area contributed by atoms with E-state index >= 15 is 0 Å². The van der Waals surface area contributed by atoms with Crippen molar-refractivity contribution in [2.45, 2.75) is 65.3 Å².